The third-order valence-electron chi connectivity index (χ3n) is 2.61. The number of nitrogen functional groups attached to an aromatic ring is 1. The molecule has 0 radical (unpaired) electrons. The van der Waals surface area contributed by atoms with E-state index in [1.165, 1.54) is 6.26 Å². The van der Waals surface area contributed by atoms with Gasteiger partial charge in [-0.3, -0.25) is 0 Å². The number of nitrogens with two attached hydrogens (primary N) is 1. The van der Waals surface area contributed by atoms with Gasteiger partial charge < -0.3 is 5.73 Å². The highest BCUT2D eigenvalue weighted by molar-refractivity contribution is 7.90. The number of aryl methyl sites for hydroxylation is 1. The van der Waals surface area contributed by atoms with Gasteiger partial charge in [0.25, 0.3) is 0 Å². The number of anilines is 1. The number of sulfone groups is 1. The standard InChI is InChI=1S/C12H13NO2S/c1-8-6-10-9(4-3-5-11(10)13)7-12(8)16(2,14)15/h3-7H,13H2,1-2H3. The van der Waals surface area contributed by atoms with E-state index in [4.69, 9.17) is 5.73 Å². The fraction of sp³-hybridized carbons (Fsp3) is 0.167. The number of rotatable bonds is 1. The fourth-order valence-corrected chi connectivity index (χ4v) is 2.82. The summed E-state index contributed by atoms with van der Waals surface area (Å²) in [6.45, 7) is 1.78. The van der Waals surface area contributed by atoms with Crippen LogP contribution in [0, 0.1) is 6.92 Å². The third kappa shape index (κ3) is 1.76. The van der Waals surface area contributed by atoms with Gasteiger partial charge in [-0.25, -0.2) is 8.42 Å². The summed E-state index contributed by atoms with van der Waals surface area (Å²) in [6.07, 6.45) is 1.22. The number of hydrogen-bond acceptors (Lipinski definition) is 3. The van der Waals surface area contributed by atoms with Crippen molar-refractivity contribution in [1.29, 1.82) is 0 Å². The fourth-order valence-electron chi connectivity index (χ4n) is 1.84. The lowest BCUT2D eigenvalue weighted by Crippen LogP contribution is -2.00. The Morgan fingerprint density at radius 3 is 2.50 bits per heavy atom. The van der Waals surface area contributed by atoms with Crippen molar-refractivity contribution in [3.8, 4) is 0 Å². The largest absolute Gasteiger partial charge is 0.398 e. The molecule has 0 spiro atoms. The summed E-state index contributed by atoms with van der Waals surface area (Å²) in [5.74, 6) is 0. The Morgan fingerprint density at radius 1 is 1.19 bits per heavy atom. The molecule has 84 valence electrons. The Morgan fingerprint density at radius 2 is 1.88 bits per heavy atom. The van der Waals surface area contributed by atoms with Gasteiger partial charge in [0.2, 0.25) is 0 Å². The van der Waals surface area contributed by atoms with E-state index in [-0.39, 0.29) is 0 Å². The highest BCUT2D eigenvalue weighted by atomic mass is 32.2. The molecule has 0 aliphatic heterocycles. The Bertz CT molecular complexity index is 660. The van der Waals surface area contributed by atoms with E-state index in [1.807, 2.05) is 24.3 Å². The molecule has 0 unspecified atom stereocenters. The van der Waals surface area contributed by atoms with Crippen molar-refractivity contribution in [2.24, 2.45) is 0 Å². The molecule has 16 heavy (non-hydrogen) atoms. The normalized spacial score (nSPS) is 11.9. The minimum atomic E-state index is -3.18. The second-order valence-electron chi connectivity index (χ2n) is 3.96. The van der Waals surface area contributed by atoms with Crippen molar-refractivity contribution >= 4 is 26.3 Å². The summed E-state index contributed by atoms with van der Waals surface area (Å²) in [4.78, 5) is 0.366. The quantitative estimate of drug-likeness (QED) is 0.770. The van der Waals surface area contributed by atoms with Crippen molar-refractivity contribution < 1.29 is 8.42 Å². The first-order chi connectivity index (χ1) is 7.39. The highest BCUT2D eigenvalue weighted by Gasteiger charge is 2.12. The van der Waals surface area contributed by atoms with Crippen LogP contribution in [0.25, 0.3) is 10.8 Å². The summed E-state index contributed by atoms with van der Waals surface area (Å²) < 4.78 is 23.1. The van der Waals surface area contributed by atoms with Crippen LogP contribution in [0.2, 0.25) is 0 Å². The lowest BCUT2D eigenvalue weighted by Gasteiger charge is -2.08. The first kappa shape index (κ1) is 11.0. The topological polar surface area (TPSA) is 60.2 Å². The van der Waals surface area contributed by atoms with Crippen LogP contribution in [0.5, 0.6) is 0 Å². The Hall–Kier alpha value is -1.55. The molecule has 0 saturated carbocycles. The van der Waals surface area contributed by atoms with Crippen molar-refractivity contribution in [2.75, 3.05) is 12.0 Å². The molecule has 0 atom stereocenters. The smallest absolute Gasteiger partial charge is 0.175 e. The average molecular weight is 235 g/mol. The van der Waals surface area contributed by atoms with E-state index >= 15 is 0 Å². The third-order valence-corrected chi connectivity index (χ3v) is 3.85. The summed E-state index contributed by atoms with van der Waals surface area (Å²) in [5, 5.41) is 1.75. The van der Waals surface area contributed by atoms with E-state index in [9.17, 15) is 8.42 Å². The van der Waals surface area contributed by atoms with Crippen LogP contribution in [0.1, 0.15) is 5.56 Å². The lowest BCUT2D eigenvalue weighted by molar-refractivity contribution is 0.601. The predicted molar refractivity (Wildman–Crippen MR) is 66.2 cm³/mol. The highest BCUT2D eigenvalue weighted by Crippen LogP contribution is 2.26. The van der Waals surface area contributed by atoms with Gasteiger partial charge in [0.05, 0.1) is 4.90 Å². The maximum Gasteiger partial charge on any atom is 0.175 e. The van der Waals surface area contributed by atoms with Crippen LogP contribution >= 0.6 is 0 Å². The molecule has 0 bridgehead atoms. The van der Waals surface area contributed by atoms with Gasteiger partial charge in [-0.05, 0) is 36.1 Å². The molecule has 2 rings (SSSR count). The molecule has 0 aromatic heterocycles. The molecule has 0 amide bonds. The molecule has 0 aliphatic rings. The first-order valence-corrected chi connectivity index (χ1v) is 6.77. The SMILES string of the molecule is Cc1cc2c(N)cccc2cc1S(C)(=O)=O. The molecule has 2 N–H and O–H groups in total. The molecule has 0 fully saturated rings. The van der Waals surface area contributed by atoms with Crippen molar-refractivity contribution in [3.63, 3.8) is 0 Å². The summed E-state index contributed by atoms with van der Waals surface area (Å²) in [6, 6.07) is 8.98. The maximum absolute atomic E-state index is 11.6. The summed E-state index contributed by atoms with van der Waals surface area (Å²) in [5.41, 5.74) is 7.23. The van der Waals surface area contributed by atoms with Crippen LogP contribution in [0.15, 0.2) is 35.2 Å². The molecule has 2 aromatic rings. The van der Waals surface area contributed by atoms with E-state index in [1.54, 1.807) is 13.0 Å². The van der Waals surface area contributed by atoms with E-state index in [2.05, 4.69) is 0 Å². The zero-order chi connectivity index (χ0) is 11.9. The van der Waals surface area contributed by atoms with E-state index in [0.29, 0.717) is 10.6 Å². The maximum atomic E-state index is 11.6. The second kappa shape index (κ2) is 3.49. The molecular formula is C12H13NO2S. The van der Waals surface area contributed by atoms with Gasteiger partial charge >= 0.3 is 0 Å². The van der Waals surface area contributed by atoms with Gasteiger partial charge in [0.15, 0.2) is 9.84 Å². The molecule has 0 heterocycles. The number of fused-ring (bicyclic) bond motifs is 1. The summed E-state index contributed by atoms with van der Waals surface area (Å²) >= 11 is 0. The Kier molecular flexibility index (Phi) is 2.39. The average Bonchev–Trinajstić information content (AvgIpc) is 2.17. The van der Waals surface area contributed by atoms with Crippen LogP contribution < -0.4 is 5.73 Å². The molecule has 3 nitrogen and oxygen atoms in total. The zero-order valence-electron chi connectivity index (χ0n) is 9.19. The number of hydrogen-bond donors (Lipinski definition) is 1. The molecule has 0 aliphatic carbocycles. The lowest BCUT2D eigenvalue weighted by atomic mass is 10.1. The van der Waals surface area contributed by atoms with Crippen LogP contribution in [0.4, 0.5) is 5.69 Å². The predicted octanol–water partition coefficient (Wildman–Crippen LogP) is 2.13. The van der Waals surface area contributed by atoms with Crippen molar-refractivity contribution in [1.82, 2.24) is 0 Å². The van der Waals surface area contributed by atoms with Gasteiger partial charge in [0, 0.05) is 17.3 Å². The molecule has 4 heteroatoms. The monoisotopic (exact) mass is 235 g/mol. The van der Waals surface area contributed by atoms with Crippen LogP contribution in [0.3, 0.4) is 0 Å². The zero-order valence-corrected chi connectivity index (χ0v) is 10.0. The Balaban J connectivity index is 2.88. The minimum absolute atomic E-state index is 0.366. The number of benzene rings is 2. The van der Waals surface area contributed by atoms with Crippen LogP contribution in [-0.2, 0) is 9.84 Å². The van der Waals surface area contributed by atoms with Crippen molar-refractivity contribution in [3.05, 3.63) is 35.9 Å². The molecule has 2 aromatic carbocycles. The molecule has 0 saturated heterocycles. The summed E-state index contributed by atoms with van der Waals surface area (Å²) in [7, 11) is -3.18. The van der Waals surface area contributed by atoms with Crippen molar-refractivity contribution in [2.45, 2.75) is 11.8 Å². The van der Waals surface area contributed by atoms with Gasteiger partial charge in [-0.15, -0.1) is 0 Å². The van der Waals surface area contributed by atoms with Crippen LogP contribution in [-0.4, -0.2) is 14.7 Å². The molecular weight excluding hydrogens is 222 g/mol. The van der Waals surface area contributed by atoms with Gasteiger partial charge in [-0.1, -0.05) is 12.1 Å². The van der Waals surface area contributed by atoms with E-state index in [0.717, 1.165) is 16.3 Å². The van der Waals surface area contributed by atoms with E-state index < -0.39 is 9.84 Å². The first-order valence-electron chi connectivity index (χ1n) is 4.88. The minimum Gasteiger partial charge on any atom is -0.398 e. The van der Waals surface area contributed by atoms with Gasteiger partial charge in [-0.2, -0.15) is 0 Å². The second-order valence-corrected chi connectivity index (χ2v) is 5.94. The Labute approximate surface area is 94.8 Å². The van der Waals surface area contributed by atoms with Gasteiger partial charge in [0.1, 0.15) is 0 Å².